The van der Waals surface area contributed by atoms with E-state index >= 15 is 0 Å². The number of aryl methyl sites for hydroxylation is 2. The minimum absolute atomic E-state index is 0.113. The molecular weight excluding hydrogens is 446 g/mol. The quantitative estimate of drug-likeness (QED) is 0.193. The lowest BCUT2D eigenvalue weighted by Gasteiger charge is -2.10. The van der Waals surface area contributed by atoms with Crippen molar-refractivity contribution in [3.63, 3.8) is 0 Å². The minimum atomic E-state index is -0.239. The Morgan fingerprint density at radius 3 is 2.15 bits per heavy atom. The summed E-state index contributed by atoms with van der Waals surface area (Å²) < 4.78 is 1.88. The number of ketones is 1. The number of benzene rings is 1. The van der Waals surface area contributed by atoms with Crippen molar-refractivity contribution in [1.82, 2.24) is 14.8 Å². The third-order valence-corrected chi connectivity index (χ3v) is 7.40. The van der Waals surface area contributed by atoms with Crippen LogP contribution in [0.5, 0.6) is 5.75 Å². The zero-order chi connectivity index (χ0) is 24.3. The fourth-order valence-corrected chi connectivity index (χ4v) is 5.28. The molecule has 0 spiro atoms. The molecule has 3 aromatic rings. The number of aromatic hydroxyl groups is 1. The number of aliphatic hydroxyl groups is 1. The number of phenols is 1. The largest absolute Gasteiger partial charge is 0.508 e. The second-order valence-electron chi connectivity index (χ2n) is 8.77. The molecule has 7 heteroatoms. The van der Waals surface area contributed by atoms with Gasteiger partial charge in [0, 0.05) is 16.9 Å². The number of phenolic OH excluding ortho intramolecular Hbond substituents is 1. The van der Waals surface area contributed by atoms with Crippen molar-refractivity contribution in [2.45, 2.75) is 91.1 Å². The van der Waals surface area contributed by atoms with E-state index in [0.29, 0.717) is 17.0 Å². The fourth-order valence-electron chi connectivity index (χ4n) is 4.15. The van der Waals surface area contributed by atoms with Crippen molar-refractivity contribution in [3.8, 4) is 10.8 Å². The molecule has 0 aliphatic rings. The van der Waals surface area contributed by atoms with Crippen LogP contribution in [0.4, 0.5) is 0 Å². The Morgan fingerprint density at radius 2 is 1.53 bits per heavy atom. The van der Waals surface area contributed by atoms with Gasteiger partial charge in [0.1, 0.15) is 23.2 Å². The molecule has 34 heavy (non-hydrogen) atoms. The summed E-state index contributed by atoms with van der Waals surface area (Å²) >= 11 is 1.55. The van der Waals surface area contributed by atoms with Gasteiger partial charge in [0.2, 0.25) is 0 Å². The lowest BCUT2D eigenvalue weighted by atomic mass is 10.0. The second-order valence-corrected chi connectivity index (χ2v) is 9.88. The molecule has 1 aromatic carbocycles. The maximum Gasteiger partial charge on any atom is 0.196 e. The Morgan fingerprint density at radius 1 is 0.912 bits per heavy atom. The van der Waals surface area contributed by atoms with Gasteiger partial charge in [-0.25, -0.2) is 0 Å². The number of aromatic nitrogens is 3. The van der Waals surface area contributed by atoms with E-state index in [-0.39, 0.29) is 18.1 Å². The highest BCUT2D eigenvalue weighted by atomic mass is 32.1. The normalized spacial score (nSPS) is 11.3. The number of rotatable bonds is 15. The van der Waals surface area contributed by atoms with Crippen LogP contribution in [0.15, 0.2) is 30.3 Å². The first kappa shape index (κ1) is 26.1. The van der Waals surface area contributed by atoms with E-state index in [1.54, 1.807) is 23.5 Å². The predicted octanol–water partition coefficient (Wildman–Crippen LogP) is 6.39. The van der Waals surface area contributed by atoms with Gasteiger partial charge in [-0.15, -0.1) is 21.5 Å². The Balaban J connectivity index is 1.74. The molecule has 0 saturated carbocycles. The van der Waals surface area contributed by atoms with Gasteiger partial charge in [-0.05, 0) is 43.2 Å². The summed E-state index contributed by atoms with van der Waals surface area (Å²) in [7, 11) is 0. The number of carbonyl (C=O) groups is 1. The van der Waals surface area contributed by atoms with Gasteiger partial charge < -0.3 is 10.2 Å². The molecular formula is C27H37N3O3S. The summed E-state index contributed by atoms with van der Waals surface area (Å²) in [6, 6.07) is 8.24. The molecule has 0 aliphatic carbocycles. The van der Waals surface area contributed by atoms with E-state index in [9.17, 15) is 15.0 Å². The van der Waals surface area contributed by atoms with Crippen molar-refractivity contribution in [3.05, 3.63) is 58.0 Å². The van der Waals surface area contributed by atoms with Crippen molar-refractivity contribution in [2.75, 3.05) is 0 Å². The first-order valence-corrected chi connectivity index (χ1v) is 13.4. The van der Waals surface area contributed by atoms with E-state index in [1.807, 2.05) is 10.6 Å². The average Bonchev–Trinajstić information content (AvgIpc) is 3.46. The molecule has 0 radical (unpaired) electrons. The van der Waals surface area contributed by atoms with Crippen LogP contribution in [0.3, 0.4) is 0 Å². The van der Waals surface area contributed by atoms with Gasteiger partial charge in [-0.1, -0.05) is 65.2 Å². The highest BCUT2D eigenvalue weighted by Crippen LogP contribution is 2.31. The number of aliphatic hydroxyl groups excluding tert-OH is 1. The van der Waals surface area contributed by atoms with Gasteiger partial charge in [0.15, 0.2) is 11.6 Å². The smallest absolute Gasteiger partial charge is 0.196 e. The Labute approximate surface area is 206 Å². The summed E-state index contributed by atoms with van der Waals surface area (Å²) in [4.78, 5) is 14.4. The molecule has 0 saturated heterocycles. The molecule has 3 rings (SSSR count). The topological polar surface area (TPSA) is 88.2 Å². The monoisotopic (exact) mass is 483 g/mol. The Bertz CT molecular complexity index is 1040. The zero-order valence-electron chi connectivity index (χ0n) is 20.4. The van der Waals surface area contributed by atoms with Crippen LogP contribution in [-0.4, -0.2) is 30.8 Å². The third kappa shape index (κ3) is 6.76. The molecule has 0 fully saturated rings. The van der Waals surface area contributed by atoms with E-state index in [2.05, 4.69) is 24.0 Å². The maximum atomic E-state index is 13.3. The Kier molecular flexibility index (Phi) is 10.3. The molecule has 0 amide bonds. The number of unbranched alkanes of at least 4 members (excludes halogenated alkanes) is 8. The minimum Gasteiger partial charge on any atom is -0.508 e. The third-order valence-electron chi connectivity index (χ3n) is 6.13. The molecule has 0 bridgehead atoms. The predicted molar refractivity (Wildman–Crippen MR) is 137 cm³/mol. The molecule has 2 heterocycles. The van der Waals surface area contributed by atoms with Gasteiger partial charge in [0.05, 0.1) is 5.56 Å². The highest BCUT2D eigenvalue weighted by molar-refractivity contribution is 7.15. The standard InChI is InChI=1S/C27H37N3O3S/c1-3-5-6-7-8-9-10-11-12-13-24-28-29-25(19-31)30(24)27-23(18-22(4-2)34-27)26(33)20-14-16-21(32)17-15-20/h14-18,31-32H,3-13,19H2,1-2H3. The van der Waals surface area contributed by atoms with Crippen LogP contribution in [0.25, 0.3) is 5.00 Å². The number of carbonyl (C=O) groups excluding carboxylic acids is 1. The van der Waals surface area contributed by atoms with Gasteiger partial charge in [0.25, 0.3) is 0 Å². The van der Waals surface area contributed by atoms with Gasteiger partial charge in [-0.2, -0.15) is 0 Å². The average molecular weight is 484 g/mol. The number of hydrogen-bond donors (Lipinski definition) is 2. The summed E-state index contributed by atoms with van der Waals surface area (Å²) in [5.41, 5.74) is 1.09. The molecule has 2 N–H and O–H groups in total. The maximum absolute atomic E-state index is 13.3. The first-order chi connectivity index (χ1) is 16.6. The van der Waals surface area contributed by atoms with Crippen molar-refractivity contribution < 1.29 is 15.0 Å². The van der Waals surface area contributed by atoms with E-state index < -0.39 is 0 Å². The number of hydrogen-bond acceptors (Lipinski definition) is 6. The summed E-state index contributed by atoms with van der Waals surface area (Å²) in [6.45, 7) is 4.07. The van der Waals surface area contributed by atoms with Crippen molar-refractivity contribution in [2.24, 2.45) is 0 Å². The Hall–Kier alpha value is -2.51. The van der Waals surface area contributed by atoms with Crippen LogP contribution < -0.4 is 0 Å². The van der Waals surface area contributed by atoms with Crippen LogP contribution in [0.1, 0.15) is 104 Å². The van der Waals surface area contributed by atoms with Crippen LogP contribution in [0.2, 0.25) is 0 Å². The second kappa shape index (κ2) is 13.4. The molecule has 0 aliphatic heterocycles. The van der Waals surface area contributed by atoms with Gasteiger partial charge in [-0.3, -0.25) is 9.36 Å². The number of nitrogens with zero attached hydrogens (tertiary/aromatic N) is 3. The van der Waals surface area contributed by atoms with Crippen molar-refractivity contribution in [1.29, 1.82) is 0 Å². The lowest BCUT2D eigenvalue weighted by molar-refractivity contribution is 0.103. The first-order valence-electron chi connectivity index (χ1n) is 12.6. The van der Waals surface area contributed by atoms with E-state index in [0.717, 1.165) is 41.4 Å². The van der Waals surface area contributed by atoms with Crippen LogP contribution in [0, 0.1) is 0 Å². The molecule has 6 nitrogen and oxygen atoms in total. The van der Waals surface area contributed by atoms with Crippen LogP contribution >= 0.6 is 11.3 Å². The molecule has 0 atom stereocenters. The van der Waals surface area contributed by atoms with Crippen molar-refractivity contribution >= 4 is 17.1 Å². The molecule has 0 unspecified atom stereocenters. The van der Waals surface area contributed by atoms with Gasteiger partial charge >= 0.3 is 0 Å². The summed E-state index contributed by atoms with van der Waals surface area (Å²) in [6.07, 6.45) is 12.8. The fraction of sp³-hybridized carbons (Fsp3) is 0.519. The summed E-state index contributed by atoms with van der Waals surface area (Å²) in [5, 5.41) is 28.9. The summed E-state index contributed by atoms with van der Waals surface area (Å²) in [5.74, 6) is 1.25. The highest BCUT2D eigenvalue weighted by Gasteiger charge is 2.23. The zero-order valence-corrected chi connectivity index (χ0v) is 21.2. The van der Waals surface area contributed by atoms with Crippen LogP contribution in [-0.2, 0) is 19.4 Å². The lowest BCUT2D eigenvalue weighted by Crippen LogP contribution is -2.10. The van der Waals surface area contributed by atoms with E-state index in [1.165, 1.54) is 57.1 Å². The van der Waals surface area contributed by atoms with E-state index in [4.69, 9.17) is 0 Å². The molecule has 2 aromatic heterocycles. The molecule has 184 valence electrons. The number of thiophene rings is 1. The SMILES string of the molecule is CCCCCCCCCCCc1nnc(CO)n1-c1sc(CC)cc1C(=O)c1ccc(O)cc1.